The molecule has 3 rings (SSSR count). The molecule has 5 heteroatoms. The summed E-state index contributed by atoms with van der Waals surface area (Å²) in [5.41, 5.74) is 1.40. The first-order chi connectivity index (χ1) is 8.76. The molecule has 0 saturated carbocycles. The Hall–Kier alpha value is -1.88. The topological polar surface area (TPSA) is 41.3 Å². The minimum atomic E-state index is -0.314. The third-order valence-corrected chi connectivity index (χ3v) is 3.23. The Morgan fingerprint density at radius 3 is 3.00 bits per heavy atom. The van der Waals surface area contributed by atoms with Crippen LogP contribution in [0.1, 0.15) is 11.4 Å². The second kappa shape index (κ2) is 4.42. The molecule has 2 aromatic rings. The number of fused-ring (bicyclic) bond motifs is 1. The summed E-state index contributed by atoms with van der Waals surface area (Å²) in [4.78, 5) is 6.35. The van der Waals surface area contributed by atoms with Gasteiger partial charge in [-0.05, 0) is 23.8 Å². The lowest BCUT2D eigenvalue weighted by Gasteiger charge is -2.29. The number of imidazole rings is 1. The quantitative estimate of drug-likeness (QED) is 0.875. The molecule has 0 atom stereocenters. The highest BCUT2D eigenvalue weighted by atomic mass is 19.1. The van der Waals surface area contributed by atoms with Gasteiger partial charge >= 0.3 is 0 Å². The van der Waals surface area contributed by atoms with Crippen LogP contribution in [0.4, 0.5) is 10.1 Å². The van der Waals surface area contributed by atoms with E-state index in [2.05, 4.69) is 14.5 Å². The zero-order valence-corrected chi connectivity index (χ0v) is 9.88. The Labute approximate surface area is 104 Å². The van der Waals surface area contributed by atoms with Crippen molar-refractivity contribution in [2.45, 2.75) is 19.7 Å². The average molecular weight is 247 g/mol. The smallest absolute Gasteiger partial charge is 0.128 e. The first-order valence-corrected chi connectivity index (χ1v) is 5.91. The van der Waals surface area contributed by atoms with Gasteiger partial charge in [0.05, 0.1) is 13.2 Å². The van der Waals surface area contributed by atoms with Crippen LogP contribution in [-0.2, 0) is 19.7 Å². The molecule has 1 aliphatic heterocycles. The average Bonchev–Trinajstić information content (AvgIpc) is 2.85. The first kappa shape index (κ1) is 11.2. The van der Waals surface area contributed by atoms with E-state index in [0.29, 0.717) is 12.1 Å². The Morgan fingerprint density at radius 2 is 2.17 bits per heavy atom. The molecule has 0 fully saturated rings. The Balaban J connectivity index is 1.90. The van der Waals surface area contributed by atoms with Crippen LogP contribution in [0.2, 0.25) is 0 Å². The minimum Gasteiger partial charge on any atom is -0.392 e. The number of aromatic nitrogens is 2. The zero-order chi connectivity index (χ0) is 12.5. The molecule has 0 radical (unpaired) electrons. The molecule has 0 bridgehead atoms. The van der Waals surface area contributed by atoms with Crippen LogP contribution in [-0.4, -0.2) is 21.2 Å². The van der Waals surface area contributed by atoms with Crippen LogP contribution in [0.25, 0.3) is 0 Å². The highest BCUT2D eigenvalue weighted by Gasteiger charge is 2.17. The number of rotatable bonds is 2. The normalized spacial score (nSPS) is 14.7. The molecule has 0 unspecified atom stereocenters. The molecule has 94 valence electrons. The van der Waals surface area contributed by atoms with Crippen molar-refractivity contribution in [3.63, 3.8) is 0 Å². The molecule has 18 heavy (non-hydrogen) atoms. The summed E-state index contributed by atoms with van der Waals surface area (Å²) in [6.07, 6.45) is 3.74. The molecule has 0 amide bonds. The summed E-state index contributed by atoms with van der Waals surface area (Å²) >= 11 is 0. The number of nitrogens with zero attached hydrogens (tertiary/aromatic N) is 3. The largest absolute Gasteiger partial charge is 0.392 e. The van der Waals surface area contributed by atoms with Gasteiger partial charge in [-0.25, -0.2) is 9.37 Å². The van der Waals surface area contributed by atoms with Gasteiger partial charge in [-0.3, -0.25) is 0 Å². The minimum absolute atomic E-state index is 0.146. The van der Waals surface area contributed by atoms with E-state index < -0.39 is 0 Å². The van der Waals surface area contributed by atoms with Crippen molar-refractivity contribution in [3.8, 4) is 0 Å². The maximum atomic E-state index is 13.4. The number of halogens is 1. The van der Waals surface area contributed by atoms with E-state index >= 15 is 0 Å². The van der Waals surface area contributed by atoms with Crippen molar-refractivity contribution >= 4 is 5.69 Å². The number of hydrogen-bond acceptors (Lipinski definition) is 3. The number of aliphatic hydroxyl groups is 1. The van der Waals surface area contributed by atoms with E-state index in [4.69, 9.17) is 5.11 Å². The second-order valence-electron chi connectivity index (χ2n) is 4.43. The van der Waals surface area contributed by atoms with Crippen molar-refractivity contribution in [2.75, 3.05) is 11.4 Å². The highest BCUT2D eigenvalue weighted by molar-refractivity contribution is 5.49. The summed E-state index contributed by atoms with van der Waals surface area (Å²) in [7, 11) is 0. The molecule has 1 N–H and O–H groups in total. The van der Waals surface area contributed by atoms with Crippen molar-refractivity contribution < 1.29 is 9.50 Å². The van der Waals surface area contributed by atoms with E-state index in [1.54, 1.807) is 6.20 Å². The van der Waals surface area contributed by atoms with Crippen LogP contribution < -0.4 is 4.90 Å². The van der Waals surface area contributed by atoms with E-state index in [0.717, 1.165) is 24.6 Å². The van der Waals surface area contributed by atoms with Crippen LogP contribution >= 0.6 is 0 Å². The summed E-state index contributed by atoms with van der Waals surface area (Å²) in [6, 6.07) is 4.67. The van der Waals surface area contributed by atoms with Gasteiger partial charge < -0.3 is 14.6 Å². The SMILES string of the molecule is OCc1cc(F)cc(N2CCn3ccnc3C2)c1. The third-order valence-electron chi connectivity index (χ3n) is 3.23. The van der Waals surface area contributed by atoms with Crippen LogP contribution in [0.5, 0.6) is 0 Å². The second-order valence-corrected chi connectivity index (χ2v) is 4.43. The fraction of sp³-hybridized carbons (Fsp3) is 0.308. The molecule has 2 heterocycles. The van der Waals surface area contributed by atoms with Crippen molar-refractivity contribution in [3.05, 3.63) is 47.8 Å². The van der Waals surface area contributed by atoms with Gasteiger partial charge in [0.1, 0.15) is 11.6 Å². The van der Waals surface area contributed by atoms with Gasteiger partial charge in [-0.1, -0.05) is 0 Å². The van der Waals surface area contributed by atoms with Crippen LogP contribution in [0.3, 0.4) is 0 Å². The molecule has 0 spiro atoms. The Bertz CT molecular complexity index is 567. The van der Waals surface area contributed by atoms with E-state index in [1.165, 1.54) is 12.1 Å². The van der Waals surface area contributed by atoms with E-state index in [9.17, 15) is 4.39 Å². The summed E-state index contributed by atoms with van der Waals surface area (Å²) in [6.45, 7) is 2.19. The van der Waals surface area contributed by atoms with Gasteiger partial charge in [0.25, 0.3) is 0 Å². The van der Waals surface area contributed by atoms with Crippen LogP contribution in [0.15, 0.2) is 30.6 Å². The fourth-order valence-electron chi connectivity index (χ4n) is 2.30. The maximum Gasteiger partial charge on any atom is 0.128 e. The lowest BCUT2D eigenvalue weighted by Crippen LogP contribution is -2.33. The molecule has 4 nitrogen and oxygen atoms in total. The number of anilines is 1. The fourth-order valence-corrected chi connectivity index (χ4v) is 2.30. The predicted octanol–water partition coefficient (Wildman–Crippen LogP) is 1.53. The standard InChI is InChI=1S/C13H14FN3O/c14-11-5-10(9-18)6-12(7-11)17-4-3-16-2-1-15-13(16)8-17/h1-2,5-7,18H,3-4,8-9H2. The van der Waals surface area contributed by atoms with Gasteiger partial charge in [0.15, 0.2) is 0 Å². The Morgan fingerprint density at radius 1 is 1.28 bits per heavy atom. The number of benzene rings is 1. The first-order valence-electron chi connectivity index (χ1n) is 5.91. The van der Waals surface area contributed by atoms with Crippen molar-refractivity contribution in [2.24, 2.45) is 0 Å². The van der Waals surface area contributed by atoms with E-state index in [1.807, 2.05) is 12.3 Å². The summed E-state index contributed by atoms with van der Waals surface area (Å²) < 4.78 is 15.5. The molecule has 1 aliphatic rings. The van der Waals surface area contributed by atoms with Gasteiger partial charge in [-0.2, -0.15) is 0 Å². The molecule has 0 saturated heterocycles. The number of hydrogen-bond donors (Lipinski definition) is 1. The summed E-state index contributed by atoms with van der Waals surface area (Å²) in [5.74, 6) is 0.668. The predicted molar refractivity (Wildman–Crippen MR) is 65.6 cm³/mol. The molecular formula is C13H14FN3O. The lowest BCUT2D eigenvalue weighted by atomic mass is 10.1. The number of aliphatic hydroxyl groups excluding tert-OH is 1. The van der Waals surface area contributed by atoms with Crippen LogP contribution in [0, 0.1) is 5.82 Å². The van der Waals surface area contributed by atoms with Crippen molar-refractivity contribution in [1.29, 1.82) is 0 Å². The van der Waals surface area contributed by atoms with Gasteiger partial charge in [0.2, 0.25) is 0 Å². The van der Waals surface area contributed by atoms with Gasteiger partial charge in [0, 0.05) is 31.2 Å². The zero-order valence-electron chi connectivity index (χ0n) is 9.88. The highest BCUT2D eigenvalue weighted by Crippen LogP contribution is 2.22. The molecule has 1 aromatic carbocycles. The van der Waals surface area contributed by atoms with E-state index in [-0.39, 0.29) is 12.4 Å². The van der Waals surface area contributed by atoms with Gasteiger partial charge in [-0.15, -0.1) is 0 Å². The molecular weight excluding hydrogens is 233 g/mol. The van der Waals surface area contributed by atoms with Crippen molar-refractivity contribution in [1.82, 2.24) is 9.55 Å². The summed E-state index contributed by atoms with van der Waals surface area (Å²) in [5, 5.41) is 9.11. The lowest BCUT2D eigenvalue weighted by molar-refractivity contribution is 0.281. The monoisotopic (exact) mass is 247 g/mol. The molecule has 0 aliphatic carbocycles. The Kier molecular flexibility index (Phi) is 2.76. The molecule has 1 aromatic heterocycles. The third kappa shape index (κ3) is 1.97. The maximum absolute atomic E-state index is 13.4.